The summed E-state index contributed by atoms with van der Waals surface area (Å²) < 4.78 is 13.2. The normalized spacial score (nSPS) is 10.4. The lowest BCUT2D eigenvalue weighted by Crippen LogP contribution is -2.13. The van der Waals surface area contributed by atoms with Gasteiger partial charge in [0.1, 0.15) is 17.2 Å². The van der Waals surface area contributed by atoms with Gasteiger partial charge in [-0.15, -0.1) is 0 Å². The molecule has 1 aromatic carbocycles. The SMILES string of the molecule is CCc1nn(CCN)c(CC)c1Oc1cc(C#N)cc(OC)c1. The van der Waals surface area contributed by atoms with Gasteiger partial charge in [-0.1, -0.05) is 13.8 Å². The third-order valence-corrected chi connectivity index (χ3v) is 3.55. The Morgan fingerprint density at radius 3 is 2.52 bits per heavy atom. The maximum Gasteiger partial charge on any atom is 0.171 e. The standard InChI is InChI=1S/C17H22N4O2/c1-4-15-17(16(5-2)21(20-15)7-6-18)23-14-9-12(11-19)8-13(10-14)22-3/h8-10H,4-7,18H2,1-3H3. The minimum atomic E-state index is 0.491. The molecule has 6 nitrogen and oxygen atoms in total. The van der Waals surface area contributed by atoms with Crippen LogP contribution in [0, 0.1) is 11.3 Å². The van der Waals surface area contributed by atoms with E-state index in [1.54, 1.807) is 25.3 Å². The molecule has 2 aromatic rings. The van der Waals surface area contributed by atoms with E-state index in [0.717, 1.165) is 30.0 Å². The van der Waals surface area contributed by atoms with Crippen LogP contribution in [0.15, 0.2) is 18.2 Å². The first kappa shape index (κ1) is 16.8. The van der Waals surface area contributed by atoms with Crippen LogP contribution in [0.2, 0.25) is 0 Å². The molecule has 0 aliphatic heterocycles. The van der Waals surface area contributed by atoms with Crippen molar-refractivity contribution in [2.45, 2.75) is 33.2 Å². The van der Waals surface area contributed by atoms with Gasteiger partial charge in [0.25, 0.3) is 0 Å². The van der Waals surface area contributed by atoms with E-state index in [1.165, 1.54) is 0 Å². The van der Waals surface area contributed by atoms with E-state index in [9.17, 15) is 0 Å². The average molecular weight is 314 g/mol. The monoisotopic (exact) mass is 314 g/mol. The highest BCUT2D eigenvalue weighted by atomic mass is 16.5. The van der Waals surface area contributed by atoms with Crippen LogP contribution in [0.5, 0.6) is 17.2 Å². The molecule has 6 heteroatoms. The van der Waals surface area contributed by atoms with Gasteiger partial charge >= 0.3 is 0 Å². The van der Waals surface area contributed by atoms with Gasteiger partial charge in [0, 0.05) is 12.6 Å². The van der Waals surface area contributed by atoms with Gasteiger partial charge in [-0.05, 0) is 25.0 Å². The number of ether oxygens (including phenoxy) is 2. The van der Waals surface area contributed by atoms with Gasteiger partial charge in [0.15, 0.2) is 5.75 Å². The minimum Gasteiger partial charge on any atom is -0.497 e. The lowest BCUT2D eigenvalue weighted by Gasteiger charge is -2.10. The maximum atomic E-state index is 9.13. The number of aryl methyl sites for hydroxylation is 1. The first-order valence-electron chi connectivity index (χ1n) is 7.72. The number of nitrogens with two attached hydrogens (primary N) is 1. The molecule has 0 atom stereocenters. The van der Waals surface area contributed by atoms with Gasteiger partial charge < -0.3 is 15.2 Å². The first-order valence-corrected chi connectivity index (χ1v) is 7.72. The molecule has 0 aliphatic rings. The summed E-state index contributed by atoms with van der Waals surface area (Å²) in [7, 11) is 1.56. The molecule has 23 heavy (non-hydrogen) atoms. The number of methoxy groups -OCH3 is 1. The second-order valence-electron chi connectivity index (χ2n) is 5.05. The number of nitriles is 1. The molecule has 1 heterocycles. The number of nitrogens with zero attached hydrogens (tertiary/aromatic N) is 3. The highest BCUT2D eigenvalue weighted by Gasteiger charge is 2.18. The van der Waals surface area contributed by atoms with Crippen LogP contribution in [-0.4, -0.2) is 23.4 Å². The molecule has 1 aromatic heterocycles. The highest BCUT2D eigenvalue weighted by Crippen LogP contribution is 2.32. The Kier molecular flexibility index (Phi) is 5.61. The van der Waals surface area contributed by atoms with Gasteiger partial charge in [-0.25, -0.2) is 0 Å². The van der Waals surface area contributed by atoms with Crippen molar-refractivity contribution < 1.29 is 9.47 Å². The predicted molar refractivity (Wildman–Crippen MR) is 87.8 cm³/mol. The van der Waals surface area contributed by atoms with Gasteiger partial charge in [0.2, 0.25) is 0 Å². The Hall–Kier alpha value is -2.52. The average Bonchev–Trinajstić information content (AvgIpc) is 2.91. The van der Waals surface area contributed by atoms with Crippen LogP contribution in [0.25, 0.3) is 0 Å². The predicted octanol–water partition coefficient (Wildman–Crippen LogP) is 2.64. The fourth-order valence-electron chi connectivity index (χ4n) is 2.47. The van der Waals surface area contributed by atoms with E-state index >= 15 is 0 Å². The molecule has 2 rings (SSSR count). The molecule has 0 spiro atoms. The summed E-state index contributed by atoms with van der Waals surface area (Å²) >= 11 is 0. The number of benzene rings is 1. The van der Waals surface area contributed by atoms with Gasteiger partial charge in [-0.3, -0.25) is 4.68 Å². The summed E-state index contributed by atoms with van der Waals surface area (Å²) in [6, 6.07) is 7.25. The van der Waals surface area contributed by atoms with Crippen molar-refractivity contribution in [3.05, 3.63) is 35.2 Å². The zero-order chi connectivity index (χ0) is 16.8. The summed E-state index contributed by atoms with van der Waals surface area (Å²) in [6.07, 6.45) is 1.55. The zero-order valence-electron chi connectivity index (χ0n) is 13.8. The van der Waals surface area contributed by atoms with Crippen molar-refractivity contribution in [3.8, 4) is 23.3 Å². The van der Waals surface area contributed by atoms with E-state index in [0.29, 0.717) is 30.2 Å². The van der Waals surface area contributed by atoms with Gasteiger partial charge in [-0.2, -0.15) is 10.4 Å². The largest absolute Gasteiger partial charge is 0.497 e. The molecule has 0 saturated carbocycles. The lowest BCUT2D eigenvalue weighted by molar-refractivity contribution is 0.408. The van der Waals surface area contributed by atoms with Crippen molar-refractivity contribution >= 4 is 0 Å². The second-order valence-corrected chi connectivity index (χ2v) is 5.05. The fourth-order valence-corrected chi connectivity index (χ4v) is 2.47. The quantitative estimate of drug-likeness (QED) is 0.849. The third kappa shape index (κ3) is 3.63. The van der Waals surface area contributed by atoms with E-state index in [-0.39, 0.29) is 0 Å². The number of rotatable bonds is 7. The molecule has 0 radical (unpaired) electrons. The topological polar surface area (TPSA) is 86.1 Å². The van der Waals surface area contributed by atoms with Crippen LogP contribution in [0.3, 0.4) is 0 Å². The van der Waals surface area contributed by atoms with Crippen molar-refractivity contribution in [1.82, 2.24) is 9.78 Å². The Bertz CT molecular complexity index is 716. The summed E-state index contributed by atoms with van der Waals surface area (Å²) in [5.41, 5.74) is 8.04. The zero-order valence-corrected chi connectivity index (χ0v) is 13.8. The van der Waals surface area contributed by atoms with Crippen molar-refractivity contribution in [2.24, 2.45) is 5.73 Å². The Morgan fingerprint density at radius 2 is 1.96 bits per heavy atom. The van der Waals surface area contributed by atoms with E-state index < -0.39 is 0 Å². The van der Waals surface area contributed by atoms with Crippen molar-refractivity contribution in [3.63, 3.8) is 0 Å². The molecule has 122 valence electrons. The van der Waals surface area contributed by atoms with E-state index in [4.69, 9.17) is 20.5 Å². The molecule has 0 unspecified atom stereocenters. The summed E-state index contributed by atoms with van der Waals surface area (Å²) in [6.45, 7) is 5.27. The van der Waals surface area contributed by atoms with Crippen LogP contribution >= 0.6 is 0 Å². The van der Waals surface area contributed by atoms with Crippen molar-refractivity contribution in [2.75, 3.05) is 13.7 Å². The molecular weight excluding hydrogens is 292 g/mol. The number of hydrogen-bond acceptors (Lipinski definition) is 5. The summed E-state index contributed by atoms with van der Waals surface area (Å²) in [4.78, 5) is 0. The summed E-state index contributed by atoms with van der Waals surface area (Å²) in [5, 5.41) is 13.7. The highest BCUT2D eigenvalue weighted by molar-refractivity contribution is 5.47. The molecular formula is C17H22N4O2. The molecule has 2 N–H and O–H groups in total. The van der Waals surface area contributed by atoms with Gasteiger partial charge in [0.05, 0.1) is 31.0 Å². The smallest absolute Gasteiger partial charge is 0.171 e. The summed E-state index contributed by atoms with van der Waals surface area (Å²) in [5.74, 6) is 1.91. The molecule has 0 bridgehead atoms. The van der Waals surface area contributed by atoms with Crippen LogP contribution in [0.4, 0.5) is 0 Å². The van der Waals surface area contributed by atoms with E-state index in [2.05, 4.69) is 18.1 Å². The van der Waals surface area contributed by atoms with E-state index in [1.807, 2.05) is 11.6 Å². The van der Waals surface area contributed by atoms with Crippen molar-refractivity contribution in [1.29, 1.82) is 5.26 Å². The lowest BCUT2D eigenvalue weighted by atomic mass is 10.2. The Labute approximate surface area is 136 Å². The molecule has 0 aliphatic carbocycles. The van der Waals surface area contributed by atoms with Crippen LogP contribution in [-0.2, 0) is 19.4 Å². The third-order valence-electron chi connectivity index (χ3n) is 3.55. The minimum absolute atomic E-state index is 0.491. The second kappa shape index (κ2) is 7.65. The Morgan fingerprint density at radius 1 is 1.22 bits per heavy atom. The fraction of sp³-hybridized carbons (Fsp3) is 0.412. The first-order chi connectivity index (χ1) is 11.2. The molecule has 0 fully saturated rings. The molecule has 0 amide bonds. The Balaban J connectivity index is 2.45. The van der Waals surface area contributed by atoms with Crippen LogP contribution < -0.4 is 15.2 Å². The molecule has 0 saturated heterocycles. The van der Waals surface area contributed by atoms with Crippen LogP contribution in [0.1, 0.15) is 30.8 Å². The number of aromatic nitrogens is 2. The number of hydrogen-bond donors (Lipinski definition) is 1. The maximum absolute atomic E-state index is 9.13.